The molecule has 116 valence electrons. The fourth-order valence-corrected chi connectivity index (χ4v) is 2.27. The number of aromatic nitrogens is 2. The molecule has 0 N–H and O–H groups in total. The molecule has 2 heterocycles. The second kappa shape index (κ2) is 6.48. The largest absolute Gasteiger partial charge is 0.405 e. The molecule has 0 atom stereocenters. The van der Waals surface area contributed by atoms with Gasteiger partial charge >= 0.3 is 11.8 Å². The first-order valence-corrected chi connectivity index (χ1v) is 7.50. The van der Waals surface area contributed by atoms with Crippen LogP contribution in [-0.2, 0) is 14.1 Å². The third kappa shape index (κ3) is 3.31. The molecule has 4 nitrogen and oxygen atoms in total. The van der Waals surface area contributed by atoms with Gasteiger partial charge in [0.1, 0.15) is 25.6 Å². The average molecular weight is 308 g/mol. The number of pyridine rings is 2. The molecule has 0 spiro atoms. The number of hydrogen-bond acceptors (Lipinski definition) is 2. The number of ether oxygens (including phenoxy) is 2. The quantitative estimate of drug-likeness (QED) is 0.692. The van der Waals surface area contributed by atoms with Gasteiger partial charge in [0.25, 0.3) is 0 Å². The van der Waals surface area contributed by atoms with E-state index in [1.807, 2.05) is 97.1 Å². The summed E-state index contributed by atoms with van der Waals surface area (Å²) in [7, 11) is 3.91. The minimum Gasteiger partial charge on any atom is -0.405 e. The van der Waals surface area contributed by atoms with Gasteiger partial charge < -0.3 is 9.47 Å². The molecule has 0 aliphatic heterocycles. The molecule has 0 radical (unpaired) electrons. The molecule has 0 saturated carbocycles. The molecule has 0 aliphatic rings. The molecule has 0 bridgehead atoms. The smallest absolute Gasteiger partial charge is 0.373 e. The lowest BCUT2D eigenvalue weighted by atomic mass is 10.2. The Hall–Kier alpha value is -2.88. The lowest BCUT2D eigenvalue weighted by molar-refractivity contribution is -0.675. The Morgan fingerprint density at radius 2 is 1.13 bits per heavy atom. The summed E-state index contributed by atoms with van der Waals surface area (Å²) in [6, 6.07) is 17.5. The van der Waals surface area contributed by atoms with Crippen LogP contribution in [0.25, 0.3) is 0 Å². The van der Waals surface area contributed by atoms with Crippen molar-refractivity contribution in [2.45, 2.75) is 6.92 Å². The molecule has 0 unspecified atom stereocenters. The minimum atomic E-state index is 0.776. The van der Waals surface area contributed by atoms with Crippen molar-refractivity contribution in [3.05, 3.63) is 72.6 Å². The maximum absolute atomic E-state index is 6.02. The van der Waals surface area contributed by atoms with Gasteiger partial charge in [-0.15, -0.1) is 0 Å². The molecule has 4 heteroatoms. The predicted octanol–water partition coefficient (Wildman–Crippen LogP) is 3.23. The molecule has 0 saturated heterocycles. The van der Waals surface area contributed by atoms with E-state index in [0.29, 0.717) is 0 Å². The van der Waals surface area contributed by atoms with Crippen LogP contribution < -0.4 is 18.6 Å². The second-order valence-corrected chi connectivity index (χ2v) is 5.38. The van der Waals surface area contributed by atoms with E-state index in [0.717, 1.165) is 28.8 Å². The Labute approximate surface area is 136 Å². The maximum Gasteiger partial charge on any atom is 0.373 e. The Bertz CT molecular complexity index is 765. The first kappa shape index (κ1) is 15.0. The summed E-state index contributed by atoms with van der Waals surface area (Å²) in [6.07, 6.45) is 3.91. The van der Waals surface area contributed by atoms with Crippen molar-refractivity contribution in [3.63, 3.8) is 0 Å². The van der Waals surface area contributed by atoms with Crippen LogP contribution in [0.3, 0.4) is 0 Å². The van der Waals surface area contributed by atoms with Crippen molar-refractivity contribution in [3.8, 4) is 23.3 Å². The molecule has 0 amide bonds. The highest BCUT2D eigenvalue weighted by Crippen LogP contribution is 2.32. The third-order valence-corrected chi connectivity index (χ3v) is 3.68. The molecule has 1 aromatic carbocycles. The van der Waals surface area contributed by atoms with Crippen molar-refractivity contribution < 1.29 is 18.6 Å². The average Bonchev–Trinajstić information content (AvgIpc) is 2.55. The Kier molecular flexibility index (Phi) is 4.24. The van der Waals surface area contributed by atoms with E-state index in [-0.39, 0.29) is 0 Å². The SMILES string of the molecule is Cc1c(Oc2cccc[n+]2C)cccc1Oc1cccc[n+]1C. The van der Waals surface area contributed by atoms with Crippen LogP contribution in [0.5, 0.6) is 23.3 Å². The lowest BCUT2D eigenvalue weighted by Crippen LogP contribution is -2.29. The standard InChI is InChI=1S/C19H20N2O2/c1-15-16(22-18-11-4-6-13-20(18)2)9-8-10-17(15)23-19-12-5-7-14-21(19)3/h4-14H,1-3H3/q+2. The van der Waals surface area contributed by atoms with Gasteiger partial charge in [0.15, 0.2) is 12.4 Å². The van der Waals surface area contributed by atoms with Crippen molar-refractivity contribution >= 4 is 0 Å². The Morgan fingerprint density at radius 3 is 1.57 bits per heavy atom. The Balaban J connectivity index is 1.90. The zero-order chi connectivity index (χ0) is 16.2. The van der Waals surface area contributed by atoms with Gasteiger partial charge in [0.05, 0.1) is 12.1 Å². The highest BCUT2D eigenvalue weighted by atomic mass is 16.5. The topological polar surface area (TPSA) is 26.2 Å². The predicted molar refractivity (Wildman–Crippen MR) is 86.6 cm³/mol. The molecule has 23 heavy (non-hydrogen) atoms. The monoisotopic (exact) mass is 308 g/mol. The number of rotatable bonds is 4. The van der Waals surface area contributed by atoms with E-state index in [2.05, 4.69) is 0 Å². The van der Waals surface area contributed by atoms with Crippen molar-refractivity contribution in [1.29, 1.82) is 0 Å². The van der Waals surface area contributed by atoms with Crippen LogP contribution in [0.4, 0.5) is 0 Å². The summed E-state index contributed by atoms with van der Waals surface area (Å²) in [5, 5.41) is 0. The van der Waals surface area contributed by atoms with Gasteiger partial charge in [-0.1, -0.05) is 6.07 Å². The van der Waals surface area contributed by atoms with Gasteiger partial charge in [-0.3, -0.25) is 0 Å². The third-order valence-electron chi connectivity index (χ3n) is 3.68. The van der Waals surface area contributed by atoms with Gasteiger partial charge in [-0.25, -0.2) is 0 Å². The summed E-state index contributed by atoms with van der Waals surface area (Å²) >= 11 is 0. The summed E-state index contributed by atoms with van der Waals surface area (Å²) in [5.74, 6) is 3.11. The molecule has 0 fully saturated rings. The molecular weight excluding hydrogens is 288 g/mol. The van der Waals surface area contributed by atoms with Crippen molar-refractivity contribution in [2.24, 2.45) is 14.1 Å². The van der Waals surface area contributed by atoms with Gasteiger partial charge in [-0.05, 0) is 31.2 Å². The molecule has 3 rings (SSSR count). The molecule has 0 aliphatic carbocycles. The first-order valence-electron chi connectivity index (χ1n) is 7.50. The summed E-state index contributed by atoms with van der Waals surface area (Å²) < 4.78 is 15.9. The van der Waals surface area contributed by atoms with Gasteiger partial charge in [-0.2, -0.15) is 9.13 Å². The van der Waals surface area contributed by atoms with E-state index >= 15 is 0 Å². The van der Waals surface area contributed by atoms with Crippen molar-refractivity contribution in [1.82, 2.24) is 0 Å². The normalized spacial score (nSPS) is 10.4. The molecule has 2 aromatic heterocycles. The number of nitrogens with zero attached hydrogens (tertiary/aromatic N) is 2. The first-order chi connectivity index (χ1) is 11.1. The fraction of sp³-hybridized carbons (Fsp3) is 0.158. The van der Waals surface area contributed by atoms with E-state index in [9.17, 15) is 0 Å². The highest BCUT2D eigenvalue weighted by molar-refractivity contribution is 5.45. The number of aryl methyl sites for hydroxylation is 2. The van der Waals surface area contributed by atoms with E-state index in [4.69, 9.17) is 9.47 Å². The minimum absolute atomic E-state index is 0.776. The second-order valence-electron chi connectivity index (χ2n) is 5.38. The molecule has 3 aromatic rings. The summed E-state index contributed by atoms with van der Waals surface area (Å²) in [5.41, 5.74) is 0.959. The Morgan fingerprint density at radius 1 is 0.652 bits per heavy atom. The van der Waals surface area contributed by atoms with E-state index < -0.39 is 0 Å². The van der Waals surface area contributed by atoms with Gasteiger partial charge in [0.2, 0.25) is 0 Å². The maximum atomic E-state index is 6.02. The number of benzene rings is 1. The molecular formula is C19H20N2O2+2. The zero-order valence-corrected chi connectivity index (χ0v) is 13.6. The van der Waals surface area contributed by atoms with Crippen LogP contribution in [0.2, 0.25) is 0 Å². The van der Waals surface area contributed by atoms with Crippen LogP contribution in [0, 0.1) is 6.92 Å². The van der Waals surface area contributed by atoms with E-state index in [1.54, 1.807) is 0 Å². The van der Waals surface area contributed by atoms with E-state index in [1.165, 1.54) is 0 Å². The number of hydrogen-bond donors (Lipinski definition) is 0. The van der Waals surface area contributed by atoms with Crippen LogP contribution in [-0.4, -0.2) is 0 Å². The summed E-state index contributed by atoms with van der Waals surface area (Å²) in [4.78, 5) is 0. The van der Waals surface area contributed by atoms with Crippen LogP contribution >= 0.6 is 0 Å². The summed E-state index contributed by atoms with van der Waals surface area (Å²) in [6.45, 7) is 2.00. The van der Waals surface area contributed by atoms with Crippen LogP contribution in [0.1, 0.15) is 5.56 Å². The van der Waals surface area contributed by atoms with Crippen LogP contribution in [0.15, 0.2) is 67.0 Å². The van der Waals surface area contributed by atoms with Crippen molar-refractivity contribution in [2.75, 3.05) is 0 Å². The van der Waals surface area contributed by atoms with Gasteiger partial charge in [0, 0.05) is 17.7 Å². The zero-order valence-electron chi connectivity index (χ0n) is 13.6. The fourth-order valence-electron chi connectivity index (χ4n) is 2.27. The highest BCUT2D eigenvalue weighted by Gasteiger charge is 2.15. The lowest BCUT2D eigenvalue weighted by Gasteiger charge is -2.10.